The number of allylic oxidation sites excluding steroid dienone is 2. The Bertz CT molecular complexity index is 2050. The smallest absolute Gasteiger partial charge is 0.657 e. The minimum atomic E-state index is -1.29. The first-order valence-electron chi connectivity index (χ1n) is 14.8. The fourth-order valence-corrected chi connectivity index (χ4v) is 6.87. The molecule has 1 aliphatic carbocycles. The number of aromatic nitrogens is 4. The molecule has 230 valence electrons. The van der Waals surface area contributed by atoms with Crippen LogP contribution in [0.25, 0.3) is 39.3 Å². The van der Waals surface area contributed by atoms with Crippen molar-refractivity contribution in [3.8, 4) is 0 Å². The molecule has 0 unspecified atom stereocenters. The number of Topliss-reactive ketones (excluding diaryl/α,β-unsaturated/α-hetero) is 1. The largest absolute Gasteiger partial charge is 2.00 e. The van der Waals surface area contributed by atoms with E-state index in [0.717, 1.165) is 23.0 Å². The van der Waals surface area contributed by atoms with Crippen molar-refractivity contribution >= 4 is 86.3 Å². The summed E-state index contributed by atoms with van der Waals surface area (Å²) in [5.41, 5.74) is 8.04. The van der Waals surface area contributed by atoms with Gasteiger partial charge in [-0.2, -0.15) is 0 Å². The second-order valence-electron chi connectivity index (χ2n) is 11.6. The predicted octanol–water partition coefficient (Wildman–Crippen LogP) is 3.84. The van der Waals surface area contributed by atoms with E-state index < -0.39 is 29.6 Å². The first-order chi connectivity index (χ1) is 21.5. The van der Waals surface area contributed by atoms with Crippen LogP contribution in [0, 0.1) is 13.8 Å². The molecule has 0 aromatic carbocycles. The number of ether oxygens (including phenoxy) is 1. The normalized spacial score (nSPS) is 18.4. The molecule has 0 fully saturated rings. The van der Waals surface area contributed by atoms with Crippen molar-refractivity contribution < 1.29 is 29.0 Å². The summed E-state index contributed by atoms with van der Waals surface area (Å²) in [6, 6.07) is 5.36. The van der Waals surface area contributed by atoms with E-state index in [1.165, 1.54) is 7.11 Å². The molecule has 0 radical (unpaired) electrons. The van der Waals surface area contributed by atoms with Gasteiger partial charge in [0, 0.05) is 40.3 Å². The van der Waals surface area contributed by atoms with Gasteiger partial charge in [-0.05, 0) is 55.9 Å². The Kier molecular flexibility index (Phi) is 8.93. The van der Waals surface area contributed by atoms with Gasteiger partial charge in [0.05, 0.1) is 18.5 Å². The van der Waals surface area contributed by atoms with Crippen molar-refractivity contribution in [3.63, 3.8) is 0 Å². The zero-order valence-corrected chi connectivity index (χ0v) is 27.8. The van der Waals surface area contributed by atoms with Crippen LogP contribution in [-0.4, -0.2) is 64.1 Å². The quantitative estimate of drug-likeness (QED) is 0.163. The van der Waals surface area contributed by atoms with Crippen LogP contribution in [-0.2, 0) is 19.1 Å². The van der Waals surface area contributed by atoms with Gasteiger partial charge in [0.15, 0.2) is 12.1 Å². The van der Waals surface area contributed by atoms with Gasteiger partial charge in [0.2, 0.25) is 0 Å². The molecule has 2 aliphatic heterocycles. The number of aldehydes is 1. The van der Waals surface area contributed by atoms with E-state index in [9.17, 15) is 24.3 Å². The van der Waals surface area contributed by atoms with Crippen molar-refractivity contribution in [1.82, 2.24) is 19.9 Å². The molecule has 0 saturated carbocycles. The summed E-state index contributed by atoms with van der Waals surface area (Å²) in [6.45, 7) is 11.5. The van der Waals surface area contributed by atoms with Crippen LogP contribution in [0.5, 0.6) is 0 Å². The molecule has 3 aromatic heterocycles. The van der Waals surface area contributed by atoms with Gasteiger partial charge in [-0.15, -0.1) is 22.1 Å². The van der Waals surface area contributed by atoms with Gasteiger partial charge >= 0.3 is 29.0 Å². The summed E-state index contributed by atoms with van der Waals surface area (Å²) in [7, 11) is 1.22. The predicted molar refractivity (Wildman–Crippen MR) is 172 cm³/mol. The summed E-state index contributed by atoms with van der Waals surface area (Å²) in [5.74, 6) is -4.43. The topological polar surface area (TPSA) is 155 Å². The third kappa shape index (κ3) is 5.02. The van der Waals surface area contributed by atoms with Crippen LogP contribution in [0.4, 0.5) is 0 Å². The molecule has 46 heavy (non-hydrogen) atoms. The molecular weight excluding hydrogens is 597 g/mol. The number of fused-ring (bicyclic) bond motifs is 8. The van der Waals surface area contributed by atoms with E-state index >= 15 is 0 Å². The third-order valence-corrected chi connectivity index (χ3v) is 9.29. The van der Waals surface area contributed by atoms with E-state index in [0.29, 0.717) is 73.5 Å². The number of aryl methyl sites for hydroxylation is 2. The van der Waals surface area contributed by atoms with Gasteiger partial charge < -0.3 is 24.6 Å². The fraction of sp³-hybridized carbons (Fsp3) is 0.314. The number of carboxylic acids is 1. The number of ketones is 1. The Morgan fingerprint density at radius 3 is 2.39 bits per heavy atom. The van der Waals surface area contributed by atoms with Crippen LogP contribution in [0.1, 0.15) is 106 Å². The second kappa shape index (κ2) is 12.4. The average Bonchev–Trinajstić information content (AvgIpc) is 3.76. The monoisotopic (exact) mass is 627 g/mol. The Labute approximate surface area is 281 Å². The molecule has 0 saturated heterocycles. The minimum Gasteiger partial charge on any atom is -0.657 e. The summed E-state index contributed by atoms with van der Waals surface area (Å²) < 4.78 is 5.08. The maximum Gasteiger partial charge on any atom is 2.00 e. The van der Waals surface area contributed by atoms with Crippen LogP contribution >= 0.6 is 0 Å². The molecule has 3 aromatic rings. The Hall–Kier alpha value is -4.35. The second-order valence-corrected chi connectivity index (χ2v) is 11.6. The zero-order valence-electron chi connectivity index (χ0n) is 26.4. The molecule has 0 N–H and O–H groups in total. The van der Waals surface area contributed by atoms with E-state index in [2.05, 4.69) is 6.58 Å². The number of carboxylic acid groups (broad SMARTS) is 1. The number of esters is 1. The molecule has 11 heteroatoms. The van der Waals surface area contributed by atoms with E-state index in [1.807, 2.05) is 26.8 Å². The summed E-state index contributed by atoms with van der Waals surface area (Å²) in [4.78, 5) is 70.6. The number of carbonyl (C=O) groups excluding carboxylic acids is 4. The molecule has 10 nitrogen and oxygen atoms in total. The van der Waals surface area contributed by atoms with E-state index in [4.69, 9.17) is 24.7 Å². The van der Waals surface area contributed by atoms with Gasteiger partial charge in [-0.1, -0.05) is 49.8 Å². The van der Waals surface area contributed by atoms with E-state index in [1.54, 1.807) is 25.1 Å². The van der Waals surface area contributed by atoms with Gasteiger partial charge in [-0.3, -0.25) is 19.4 Å². The summed E-state index contributed by atoms with van der Waals surface area (Å²) in [5, 5.41) is 11.6. The molecule has 0 amide bonds. The van der Waals surface area contributed by atoms with Crippen molar-refractivity contribution in [2.75, 3.05) is 7.11 Å². The summed E-state index contributed by atoms with van der Waals surface area (Å²) >= 11 is 0. The Morgan fingerprint density at radius 2 is 1.76 bits per heavy atom. The number of aliphatic carboxylic acids is 1. The molecule has 8 bridgehead atoms. The number of rotatable bonds is 7. The zero-order chi connectivity index (χ0) is 32.3. The Balaban J connectivity index is 0.00000417. The van der Waals surface area contributed by atoms with Crippen LogP contribution < -0.4 is 15.1 Å². The van der Waals surface area contributed by atoms with Crippen LogP contribution in [0.15, 0.2) is 24.8 Å². The van der Waals surface area contributed by atoms with E-state index in [-0.39, 0.29) is 41.8 Å². The maximum atomic E-state index is 14.0. The molecule has 3 atom stereocenters. The number of methoxy groups -OCH3 is 1. The number of nitrogens with zero attached hydrogens (tertiary/aromatic N) is 4. The van der Waals surface area contributed by atoms with Crippen LogP contribution in [0.2, 0.25) is 0 Å². The molecule has 6 rings (SSSR count). The van der Waals surface area contributed by atoms with Crippen molar-refractivity contribution in [1.29, 1.82) is 0 Å². The molecule has 5 heterocycles. The van der Waals surface area contributed by atoms with Gasteiger partial charge in [0.1, 0.15) is 5.92 Å². The number of hydrogen-bond acceptors (Lipinski definition) is 8. The SMILES string of the molecule is C=Cc1c(C)c2cc3nc(c4c5[n-]c(cc6nc(cc1[n-]2)C(C=O)=C6CC)c(C)c5C(=O)[C@@H]4C(=O)OC)[C@@H](CCC(=O)[O-])[C@@H]3C.[Mg+2]. The standard InChI is InChI=1S/C35H34N4O6.Mg/c1-7-18-15(3)22-11-23-16(4)20(9-10-28(41)42)32(38-23)30-31(35(44)45-6)34(43)29-17(5)24(39-33(29)30)12-26-19(8-2)21(14-40)27(37-26)13-25(18)36-22;/h7,11-14,16,20,31H,1,8-10H2,2-6H3,(H3,36,37,38,39,40,41,42,43);/q;+2/p-3/t16-,20-,31+;/m0./s1. The molecule has 0 spiro atoms. The fourth-order valence-electron chi connectivity index (χ4n) is 6.87. The molecule has 3 aliphatic rings. The minimum absolute atomic E-state index is 0. The number of carbonyl (C=O) groups is 4. The first kappa shape index (κ1) is 33.0. The maximum absolute atomic E-state index is 14.0. The van der Waals surface area contributed by atoms with Gasteiger partial charge in [-0.25, -0.2) is 4.98 Å². The van der Waals surface area contributed by atoms with Gasteiger partial charge in [0.25, 0.3) is 0 Å². The summed E-state index contributed by atoms with van der Waals surface area (Å²) in [6.07, 6.45) is 2.96. The average molecular weight is 628 g/mol. The van der Waals surface area contributed by atoms with Crippen molar-refractivity contribution in [2.45, 2.75) is 64.7 Å². The Morgan fingerprint density at radius 1 is 1.07 bits per heavy atom. The first-order valence-corrected chi connectivity index (χ1v) is 14.8. The van der Waals surface area contributed by atoms with Crippen LogP contribution in [0.3, 0.4) is 0 Å². The van der Waals surface area contributed by atoms with Crippen molar-refractivity contribution in [3.05, 3.63) is 75.4 Å². The van der Waals surface area contributed by atoms with Crippen molar-refractivity contribution in [2.24, 2.45) is 0 Å². The molecular formula is C35H31MgN4O6-. The number of hydrogen-bond donors (Lipinski definition) is 0. The third-order valence-electron chi connectivity index (χ3n) is 9.29.